The highest BCUT2D eigenvalue weighted by Gasteiger charge is 2.23. The molecule has 1 aliphatic heterocycles. The van der Waals surface area contributed by atoms with Crippen LogP contribution >= 0.6 is 0 Å². The van der Waals surface area contributed by atoms with E-state index >= 15 is 0 Å². The van der Waals surface area contributed by atoms with Crippen molar-refractivity contribution in [1.29, 1.82) is 5.26 Å². The maximum absolute atomic E-state index is 12.3. The van der Waals surface area contributed by atoms with Crippen LogP contribution in [0.2, 0.25) is 0 Å². The van der Waals surface area contributed by atoms with Gasteiger partial charge in [-0.1, -0.05) is 20.8 Å². The minimum Gasteiger partial charge on any atom is -0.358 e. The second-order valence-electron chi connectivity index (χ2n) is 6.61. The predicted molar refractivity (Wildman–Crippen MR) is 84.5 cm³/mol. The number of nitrogens with zero attached hydrogens (tertiary/aromatic N) is 2. The van der Waals surface area contributed by atoms with Gasteiger partial charge in [-0.15, -0.1) is 0 Å². The van der Waals surface area contributed by atoms with Crippen LogP contribution in [0.25, 0.3) is 0 Å². The molecule has 2 heterocycles. The van der Waals surface area contributed by atoms with Crippen LogP contribution in [0, 0.1) is 16.7 Å². The molecule has 1 aromatic heterocycles. The molecule has 22 heavy (non-hydrogen) atoms. The molecule has 1 saturated heterocycles. The third-order valence-corrected chi connectivity index (χ3v) is 3.76. The lowest BCUT2D eigenvalue weighted by atomic mass is 9.95. The molecule has 2 rings (SSSR count). The van der Waals surface area contributed by atoms with Crippen molar-refractivity contribution < 1.29 is 4.79 Å². The van der Waals surface area contributed by atoms with Crippen LogP contribution < -0.4 is 15.6 Å². The first-order valence-corrected chi connectivity index (χ1v) is 7.52. The summed E-state index contributed by atoms with van der Waals surface area (Å²) in [5.41, 5.74) is 0.0374. The molecule has 0 radical (unpaired) electrons. The van der Waals surface area contributed by atoms with Gasteiger partial charge in [-0.25, -0.2) is 0 Å². The van der Waals surface area contributed by atoms with E-state index in [2.05, 4.69) is 15.2 Å². The number of hydrogen-bond donors (Lipinski definition) is 2. The molecule has 1 aliphatic rings. The summed E-state index contributed by atoms with van der Waals surface area (Å²) in [6, 6.07) is 3.27. The van der Waals surface area contributed by atoms with Crippen LogP contribution in [0.15, 0.2) is 10.9 Å². The van der Waals surface area contributed by atoms with Gasteiger partial charge in [-0.05, 0) is 12.8 Å². The van der Waals surface area contributed by atoms with Gasteiger partial charge in [0.15, 0.2) is 5.43 Å². The Kier molecular flexibility index (Phi) is 4.55. The molecule has 6 heteroatoms. The highest BCUT2D eigenvalue weighted by atomic mass is 16.2. The number of aromatic amines is 1. The molecule has 118 valence electrons. The number of nitriles is 1. The minimum absolute atomic E-state index is 0.108. The second-order valence-corrected chi connectivity index (χ2v) is 6.61. The van der Waals surface area contributed by atoms with Crippen molar-refractivity contribution in [2.24, 2.45) is 5.41 Å². The Hall–Kier alpha value is -2.29. The summed E-state index contributed by atoms with van der Waals surface area (Å²) in [7, 11) is 0. The third-order valence-electron chi connectivity index (χ3n) is 3.76. The number of carbonyl (C=O) groups is 1. The number of hydrogen-bond acceptors (Lipinski definition) is 4. The lowest BCUT2D eigenvalue weighted by Crippen LogP contribution is -2.36. The third kappa shape index (κ3) is 3.48. The average Bonchev–Trinajstić information content (AvgIpc) is 2.97. The van der Waals surface area contributed by atoms with Crippen molar-refractivity contribution in [3.8, 4) is 6.07 Å². The van der Waals surface area contributed by atoms with Crippen molar-refractivity contribution >= 4 is 11.7 Å². The number of rotatable bonds is 3. The van der Waals surface area contributed by atoms with Gasteiger partial charge in [0.05, 0.1) is 12.1 Å². The fourth-order valence-electron chi connectivity index (χ4n) is 2.45. The van der Waals surface area contributed by atoms with E-state index in [1.165, 1.54) is 6.07 Å². The summed E-state index contributed by atoms with van der Waals surface area (Å²) < 4.78 is 0. The van der Waals surface area contributed by atoms with E-state index in [1.54, 1.807) is 0 Å². The first kappa shape index (κ1) is 16.1. The fourth-order valence-corrected chi connectivity index (χ4v) is 2.45. The van der Waals surface area contributed by atoms with E-state index in [4.69, 9.17) is 5.26 Å². The first-order valence-electron chi connectivity index (χ1n) is 7.52. The van der Waals surface area contributed by atoms with Gasteiger partial charge >= 0.3 is 0 Å². The summed E-state index contributed by atoms with van der Waals surface area (Å²) in [6.45, 7) is 7.35. The normalized spacial score (nSPS) is 14.7. The molecule has 0 unspecified atom stereocenters. The van der Waals surface area contributed by atoms with Gasteiger partial charge in [0.2, 0.25) is 5.91 Å². The SMILES string of the molecule is CC(C)(C)C(=O)NCc1c(N2CCCC2)[nH]c(C#N)cc1=O. The maximum Gasteiger partial charge on any atom is 0.225 e. The molecule has 0 aliphatic carbocycles. The molecule has 0 spiro atoms. The summed E-state index contributed by atoms with van der Waals surface area (Å²) in [5, 5.41) is 11.8. The van der Waals surface area contributed by atoms with Crippen molar-refractivity contribution in [2.75, 3.05) is 18.0 Å². The average molecular weight is 302 g/mol. The lowest BCUT2D eigenvalue weighted by Gasteiger charge is -2.22. The quantitative estimate of drug-likeness (QED) is 0.885. The zero-order valence-electron chi connectivity index (χ0n) is 13.3. The van der Waals surface area contributed by atoms with E-state index in [0.29, 0.717) is 11.4 Å². The molecule has 1 amide bonds. The maximum atomic E-state index is 12.3. The Morgan fingerprint density at radius 3 is 2.59 bits per heavy atom. The summed E-state index contributed by atoms with van der Waals surface area (Å²) in [5.74, 6) is 0.555. The second kappa shape index (κ2) is 6.22. The molecule has 2 N–H and O–H groups in total. The van der Waals surface area contributed by atoms with Crippen LogP contribution in [-0.4, -0.2) is 24.0 Å². The van der Waals surface area contributed by atoms with Gasteiger partial charge < -0.3 is 15.2 Å². The lowest BCUT2D eigenvalue weighted by molar-refractivity contribution is -0.128. The molecule has 0 atom stereocenters. The van der Waals surface area contributed by atoms with Gasteiger partial charge in [-0.3, -0.25) is 9.59 Å². The highest BCUT2D eigenvalue weighted by molar-refractivity contribution is 5.81. The van der Waals surface area contributed by atoms with Crippen molar-refractivity contribution in [3.63, 3.8) is 0 Å². The Balaban J connectivity index is 2.31. The number of amides is 1. The van der Waals surface area contributed by atoms with E-state index in [1.807, 2.05) is 26.8 Å². The minimum atomic E-state index is -0.507. The number of anilines is 1. The predicted octanol–water partition coefficient (Wildman–Crippen LogP) is 1.51. The summed E-state index contributed by atoms with van der Waals surface area (Å²) in [6.07, 6.45) is 2.12. The molecular weight excluding hydrogens is 280 g/mol. The number of aromatic nitrogens is 1. The van der Waals surface area contributed by atoms with Gasteiger partial charge in [0, 0.05) is 24.6 Å². The Morgan fingerprint density at radius 2 is 2.05 bits per heavy atom. The van der Waals surface area contributed by atoms with Crippen LogP contribution in [-0.2, 0) is 11.3 Å². The smallest absolute Gasteiger partial charge is 0.225 e. The van der Waals surface area contributed by atoms with E-state index in [0.717, 1.165) is 25.9 Å². The zero-order chi connectivity index (χ0) is 16.3. The van der Waals surface area contributed by atoms with Gasteiger partial charge in [-0.2, -0.15) is 5.26 Å². The largest absolute Gasteiger partial charge is 0.358 e. The van der Waals surface area contributed by atoms with Crippen molar-refractivity contribution in [2.45, 2.75) is 40.2 Å². The summed E-state index contributed by atoms with van der Waals surface area (Å²) in [4.78, 5) is 29.4. The van der Waals surface area contributed by atoms with Crippen LogP contribution in [0.5, 0.6) is 0 Å². The van der Waals surface area contributed by atoms with Gasteiger partial charge in [0.25, 0.3) is 0 Å². The number of carbonyl (C=O) groups excluding carboxylic acids is 1. The van der Waals surface area contributed by atoms with Crippen molar-refractivity contribution in [3.05, 3.63) is 27.5 Å². The van der Waals surface area contributed by atoms with Crippen LogP contribution in [0.4, 0.5) is 5.82 Å². The Morgan fingerprint density at radius 1 is 1.41 bits per heavy atom. The van der Waals surface area contributed by atoms with Crippen LogP contribution in [0.1, 0.15) is 44.9 Å². The standard InChI is InChI=1S/C16H22N4O2/c1-16(2,3)15(22)18-10-12-13(21)8-11(9-17)19-14(12)20-6-4-5-7-20/h8H,4-7,10H2,1-3H3,(H,18,22)(H,19,21). The topological polar surface area (TPSA) is 89.0 Å². The summed E-state index contributed by atoms with van der Waals surface area (Å²) >= 11 is 0. The van der Waals surface area contributed by atoms with E-state index in [9.17, 15) is 9.59 Å². The number of H-pyrrole nitrogens is 1. The first-order chi connectivity index (χ1) is 10.3. The van der Waals surface area contributed by atoms with Crippen molar-refractivity contribution in [1.82, 2.24) is 10.3 Å². The molecule has 0 saturated carbocycles. The molecule has 6 nitrogen and oxygen atoms in total. The van der Waals surface area contributed by atoms with Crippen LogP contribution in [0.3, 0.4) is 0 Å². The Bertz CT molecular complexity index is 658. The molecule has 1 fully saturated rings. The monoisotopic (exact) mass is 302 g/mol. The van der Waals surface area contributed by atoms with E-state index < -0.39 is 5.41 Å². The number of pyridine rings is 1. The van der Waals surface area contributed by atoms with E-state index in [-0.39, 0.29) is 23.6 Å². The Labute approximate surface area is 130 Å². The molecule has 0 aromatic carbocycles. The zero-order valence-corrected chi connectivity index (χ0v) is 13.3. The van der Waals surface area contributed by atoms with Gasteiger partial charge in [0.1, 0.15) is 17.6 Å². The molecule has 0 bridgehead atoms. The highest BCUT2D eigenvalue weighted by Crippen LogP contribution is 2.21. The fraction of sp³-hybridized carbons (Fsp3) is 0.562. The molecular formula is C16H22N4O2. The molecule has 1 aromatic rings. The number of nitrogens with one attached hydrogen (secondary N) is 2.